The molecule has 0 saturated heterocycles. The molecule has 2 amide bonds. The monoisotopic (exact) mass is 464 g/mol. The van der Waals surface area contributed by atoms with Crippen molar-refractivity contribution in [1.29, 1.82) is 0 Å². The highest BCUT2D eigenvalue weighted by atomic mass is 35.5. The maximum Gasteiger partial charge on any atom is 0.261 e. The number of amides is 2. The minimum absolute atomic E-state index is 0.167. The summed E-state index contributed by atoms with van der Waals surface area (Å²) >= 11 is 12.2. The molecular weight excluding hydrogens is 435 g/mol. The van der Waals surface area contributed by atoms with Gasteiger partial charge in [0.15, 0.2) is 6.61 Å². The quantitative estimate of drug-likeness (QED) is 0.521. The lowest BCUT2D eigenvalue weighted by atomic mass is 10.1. The Balaban J connectivity index is 2.24. The smallest absolute Gasteiger partial charge is 0.261 e. The van der Waals surface area contributed by atoms with Gasteiger partial charge in [-0.2, -0.15) is 0 Å². The van der Waals surface area contributed by atoms with E-state index in [1.165, 1.54) is 0 Å². The van der Waals surface area contributed by atoms with E-state index in [-0.39, 0.29) is 25.0 Å². The Bertz CT molecular complexity index is 902. The first-order valence-corrected chi connectivity index (χ1v) is 11.2. The van der Waals surface area contributed by atoms with Crippen LogP contribution in [0.15, 0.2) is 42.5 Å². The molecule has 0 aliphatic rings. The van der Waals surface area contributed by atoms with Crippen LogP contribution in [-0.4, -0.2) is 35.9 Å². The number of halogens is 2. The Morgan fingerprint density at radius 1 is 1.10 bits per heavy atom. The van der Waals surface area contributed by atoms with E-state index in [2.05, 4.69) is 5.32 Å². The van der Waals surface area contributed by atoms with E-state index in [1.54, 1.807) is 23.1 Å². The minimum atomic E-state index is -0.624. The molecule has 31 heavy (non-hydrogen) atoms. The molecule has 0 saturated carbocycles. The van der Waals surface area contributed by atoms with E-state index in [1.807, 2.05) is 52.0 Å². The van der Waals surface area contributed by atoms with E-state index in [0.717, 1.165) is 11.1 Å². The lowest BCUT2D eigenvalue weighted by Gasteiger charge is -2.31. The predicted molar refractivity (Wildman–Crippen MR) is 126 cm³/mol. The molecule has 0 bridgehead atoms. The molecule has 7 heteroatoms. The predicted octanol–water partition coefficient (Wildman–Crippen LogP) is 5.26. The first-order chi connectivity index (χ1) is 14.7. The number of nitrogens with one attached hydrogen (secondary N) is 1. The fraction of sp³-hybridized carbons (Fsp3) is 0.417. The molecule has 5 nitrogen and oxygen atoms in total. The summed E-state index contributed by atoms with van der Waals surface area (Å²) in [6.45, 7) is 8.45. The van der Waals surface area contributed by atoms with Gasteiger partial charge in [-0.05, 0) is 48.6 Å². The summed E-state index contributed by atoms with van der Waals surface area (Å²) in [5.41, 5.74) is 1.72. The van der Waals surface area contributed by atoms with Crippen LogP contribution in [0.1, 0.15) is 38.3 Å². The first kappa shape index (κ1) is 25.0. The zero-order valence-corrected chi connectivity index (χ0v) is 20.0. The van der Waals surface area contributed by atoms with E-state index < -0.39 is 6.04 Å². The number of ether oxygens (including phenoxy) is 1. The molecule has 2 rings (SSSR count). The van der Waals surface area contributed by atoms with Gasteiger partial charge in [0.2, 0.25) is 5.91 Å². The SMILES string of the molecule is CC[C@@H](C(=O)NCC(C)C)N(Cc1ccc(Cl)c(Cl)c1)C(=O)COc1ccccc1C. The van der Waals surface area contributed by atoms with Gasteiger partial charge in [0.25, 0.3) is 5.91 Å². The summed E-state index contributed by atoms with van der Waals surface area (Å²) in [5.74, 6) is 0.495. The third-order valence-electron chi connectivity index (χ3n) is 4.85. The van der Waals surface area contributed by atoms with Crippen LogP contribution < -0.4 is 10.1 Å². The van der Waals surface area contributed by atoms with Crippen LogP contribution in [0.2, 0.25) is 10.0 Å². The number of aryl methyl sites for hydroxylation is 1. The van der Waals surface area contributed by atoms with Crippen molar-refractivity contribution in [3.63, 3.8) is 0 Å². The fourth-order valence-corrected chi connectivity index (χ4v) is 3.44. The van der Waals surface area contributed by atoms with Gasteiger partial charge >= 0.3 is 0 Å². The second-order valence-electron chi connectivity index (χ2n) is 7.89. The molecule has 0 aliphatic carbocycles. The van der Waals surface area contributed by atoms with E-state index >= 15 is 0 Å². The number of para-hydroxylation sites is 1. The van der Waals surface area contributed by atoms with Crippen LogP contribution in [-0.2, 0) is 16.1 Å². The summed E-state index contributed by atoms with van der Waals surface area (Å²) in [6.07, 6.45) is 0.474. The van der Waals surface area contributed by atoms with Gasteiger partial charge < -0.3 is 15.0 Å². The number of hydrogen-bond acceptors (Lipinski definition) is 3. The topological polar surface area (TPSA) is 58.6 Å². The van der Waals surface area contributed by atoms with Crippen LogP contribution in [0.5, 0.6) is 5.75 Å². The molecule has 0 unspecified atom stereocenters. The van der Waals surface area contributed by atoms with Crippen molar-refractivity contribution in [1.82, 2.24) is 10.2 Å². The van der Waals surface area contributed by atoms with Gasteiger partial charge in [-0.1, -0.05) is 68.2 Å². The molecule has 0 aromatic heterocycles. The average molecular weight is 465 g/mol. The van der Waals surface area contributed by atoms with Gasteiger partial charge in [-0.3, -0.25) is 9.59 Å². The number of carbonyl (C=O) groups is 2. The Labute approximate surface area is 194 Å². The summed E-state index contributed by atoms with van der Waals surface area (Å²) in [4.78, 5) is 27.6. The lowest BCUT2D eigenvalue weighted by molar-refractivity contribution is -0.143. The van der Waals surface area contributed by atoms with E-state index in [9.17, 15) is 9.59 Å². The molecule has 2 aromatic rings. The summed E-state index contributed by atoms with van der Waals surface area (Å²) < 4.78 is 5.76. The normalized spacial score (nSPS) is 11.8. The van der Waals surface area contributed by atoms with Crippen molar-refractivity contribution in [2.24, 2.45) is 5.92 Å². The van der Waals surface area contributed by atoms with Crippen LogP contribution in [0.4, 0.5) is 0 Å². The van der Waals surface area contributed by atoms with Crippen LogP contribution in [0, 0.1) is 12.8 Å². The van der Waals surface area contributed by atoms with Crippen molar-refractivity contribution in [3.8, 4) is 5.75 Å². The van der Waals surface area contributed by atoms with Crippen molar-refractivity contribution in [2.75, 3.05) is 13.2 Å². The highest BCUT2D eigenvalue weighted by Gasteiger charge is 2.29. The van der Waals surface area contributed by atoms with E-state index in [4.69, 9.17) is 27.9 Å². The largest absolute Gasteiger partial charge is 0.484 e. The van der Waals surface area contributed by atoms with Crippen LogP contribution in [0.3, 0.4) is 0 Å². The molecule has 0 radical (unpaired) electrons. The van der Waals surface area contributed by atoms with Gasteiger partial charge in [0.05, 0.1) is 10.0 Å². The molecule has 0 heterocycles. The van der Waals surface area contributed by atoms with Crippen molar-refractivity contribution in [3.05, 3.63) is 63.6 Å². The Morgan fingerprint density at radius 2 is 1.81 bits per heavy atom. The van der Waals surface area contributed by atoms with Crippen molar-refractivity contribution >= 4 is 35.0 Å². The zero-order valence-electron chi connectivity index (χ0n) is 18.5. The maximum absolute atomic E-state index is 13.2. The highest BCUT2D eigenvalue weighted by Crippen LogP contribution is 2.24. The fourth-order valence-electron chi connectivity index (χ4n) is 3.12. The maximum atomic E-state index is 13.2. The Hall–Kier alpha value is -2.24. The minimum Gasteiger partial charge on any atom is -0.484 e. The highest BCUT2D eigenvalue weighted by molar-refractivity contribution is 6.42. The van der Waals surface area contributed by atoms with Gasteiger partial charge in [0, 0.05) is 13.1 Å². The van der Waals surface area contributed by atoms with Crippen molar-refractivity contribution in [2.45, 2.75) is 46.7 Å². The summed E-state index contributed by atoms with van der Waals surface area (Å²) in [6, 6.07) is 12.1. The zero-order chi connectivity index (χ0) is 23.0. The number of benzene rings is 2. The lowest BCUT2D eigenvalue weighted by Crippen LogP contribution is -2.50. The second-order valence-corrected chi connectivity index (χ2v) is 8.70. The Kier molecular flexibility index (Phi) is 9.66. The molecule has 0 fully saturated rings. The van der Waals surface area contributed by atoms with Crippen molar-refractivity contribution < 1.29 is 14.3 Å². The second kappa shape index (κ2) is 12.0. The summed E-state index contributed by atoms with van der Waals surface area (Å²) in [5, 5.41) is 3.78. The number of nitrogens with zero attached hydrogens (tertiary/aromatic N) is 1. The third-order valence-corrected chi connectivity index (χ3v) is 5.59. The van der Waals surface area contributed by atoms with Gasteiger partial charge in [-0.25, -0.2) is 0 Å². The molecule has 0 spiro atoms. The average Bonchev–Trinajstić information content (AvgIpc) is 2.73. The van der Waals surface area contributed by atoms with Crippen LogP contribution >= 0.6 is 23.2 Å². The molecular formula is C24H30Cl2N2O3. The number of hydrogen-bond donors (Lipinski definition) is 1. The standard InChI is InChI=1S/C24H30Cl2N2O3/c1-5-21(24(30)27-13-16(2)3)28(14-18-10-11-19(25)20(26)12-18)23(29)15-31-22-9-7-6-8-17(22)4/h6-12,16,21H,5,13-15H2,1-4H3,(H,27,30)/t21-/m0/s1. The third kappa shape index (κ3) is 7.44. The molecule has 2 aromatic carbocycles. The van der Waals surface area contributed by atoms with E-state index in [0.29, 0.717) is 34.7 Å². The molecule has 1 atom stereocenters. The number of carbonyl (C=O) groups excluding carboxylic acids is 2. The molecule has 168 valence electrons. The Morgan fingerprint density at radius 3 is 2.42 bits per heavy atom. The first-order valence-electron chi connectivity index (χ1n) is 10.4. The molecule has 1 N–H and O–H groups in total. The van der Waals surface area contributed by atoms with Gasteiger partial charge in [-0.15, -0.1) is 0 Å². The number of rotatable bonds is 10. The molecule has 0 aliphatic heterocycles. The van der Waals surface area contributed by atoms with Crippen LogP contribution in [0.25, 0.3) is 0 Å². The summed E-state index contributed by atoms with van der Waals surface area (Å²) in [7, 11) is 0. The van der Waals surface area contributed by atoms with Gasteiger partial charge in [0.1, 0.15) is 11.8 Å².